The summed E-state index contributed by atoms with van der Waals surface area (Å²) in [4.78, 5) is 6.66. The Kier molecular flexibility index (Phi) is 3.85. The molecule has 4 nitrogen and oxygen atoms in total. The Morgan fingerprint density at radius 1 is 1.44 bits per heavy atom. The highest BCUT2D eigenvalue weighted by molar-refractivity contribution is 6.31. The molecule has 94 valence electrons. The van der Waals surface area contributed by atoms with Crippen molar-refractivity contribution in [3.05, 3.63) is 29.0 Å². The van der Waals surface area contributed by atoms with Crippen LogP contribution in [0.3, 0.4) is 0 Å². The van der Waals surface area contributed by atoms with Gasteiger partial charge in [-0.2, -0.15) is 5.26 Å². The van der Waals surface area contributed by atoms with Crippen molar-refractivity contribution in [2.24, 2.45) is 0 Å². The predicted molar refractivity (Wildman–Crippen MR) is 72.4 cm³/mol. The number of nitriles is 1. The summed E-state index contributed by atoms with van der Waals surface area (Å²) in [6, 6.07) is 7.85. The number of imidazole rings is 1. The maximum atomic E-state index is 8.74. The summed E-state index contributed by atoms with van der Waals surface area (Å²) < 4.78 is 2.09. The Hall–Kier alpha value is -1.57. The maximum Gasteiger partial charge on any atom is 0.124 e. The number of hydrogen-bond donors (Lipinski definition) is 0. The lowest BCUT2D eigenvalue weighted by Crippen LogP contribution is -2.15. The monoisotopic (exact) mass is 262 g/mol. The molecule has 0 amide bonds. The van der Waals surface area contributed by atoms with Gasteiger partial charge in [0.05, 0.1) is 30.1 Å². The van der Waals surface area contributed by atoms with Gasteiger partial charge >= 0.3 is 0 Å². The molecule has 0 radical (unpaired) electrons. The number of aryl methyl sites for hydroxylation is 1. The lowest BCUT2D eigenvalue weighted by atomic mass is 10.3. The smallest absolute Gasteiger partial charge is 0.124 e. The second kappa shape index (κ2) is 5.38. The second-order valence-electron chi connectivity index (χ2n) is 4.46. The maximum absolute atomic E-state index is 8.74. The lowest BCUT2D eigenvalue weighted by Gasteiger charge is -2.11. The van der Waals surface area contributed by atoms with Crippen LogP contribution >= 0.6 is 11.6 Å². The van der Waals surface area contributed by atoms with Gasteiger partial charge in [-0.05, 0) is 32.3 Å². The van der Waals surface area contributed by atoms with Gasteiger partial charge in [-0.1, -0.05) is 11.6 Å². The molecule has 0 atom stereocenters. The van der Waals surface area contributed by atoms with Crippen LogP contribution in [0.15, 0.2) is 18.2 Å². The summed E-state index contributed by atoms with van der Waals surface area (Å²) in [5, 5.41) is 9.42. The minimum Gasteiger partial charge on any atom is -0.326 e. The summed E-state index contributed by atoms with van der Waals surface area (Å²) in [6.07, 6.45) is 0.481. The van der Waals surface area contributed by atoms with Crippen molar-refractivity contribution in [1.82, 2.24) is 14.5 Å². The quantitative estimate of drug-likeness (QED) is 0.851. The normalized spacial score (nSPS) is 11.1. The van der Waals surface area contributed by atoms with E-state index in [0.29, 0.717) is 18.0 Å². The molecule has 0 unspecified atom stereocenters. The Bertz CT molecular complexity index is 595. The summed E-state index contributed by atoms with van der Waals surface area (Å²) in [5.74, 6) is 0.965. The Morgan fingerprint density at radius 3 is 2.89 bits per heavy atom. The molecule has 0 aliphatic heterocycles. The first-order chi connectivity index (χ1) is 8.61. The van der Waals surface area contributed by atoms with E-state index in [1.807, 2.05) is 32.3 Å². The number of nitrogens with zero attached hydrogens (tertiary/aromatic N) is 4. The van der Waals surface area contributed by atoms with Gasteiger partial charge in [0.2, 0.25) is 0 Å². The van der Waals surface area contributed by atoms with E-state index in [1.54, 1.807) is 0 Å². The van der Waals surface area contributed by atoms with Gasteiger partial charge < -0.3 is 9.47 Å². The summed E-state index contributed by atoms with van der Waals surface area (Å²) >= 11 is 5.98. The molecule has 1 aromatic carbocycles. The van der Waals surface area contributed by atoms with Crippen LogP contribution in [-0.4, -0.2) is 28.5 Å². The molecule has 1 aromatic heterocycles. The third-order valence-corrected chi connectivity index (χ3v) is 2.93. The second-order valence-corrected chi connectivity index (χ2v) is 4.90. The molecule has 2 aromatic rings. The first-order valence-corrected chi connectivity index (χ1v) is 6.16. The molecule has 2 rings (SSSR count). The minimum atomic E-state index is 0.481. The third kappa shape index (κ3) is 2.63. The average molecular weight is 263 g/mol. The van der Waals surface area contributed by atoms with Crippen LogP contribution in [0.1, 0.15) is 12.2 Å². The molecule has 1 heterocycles. The number of aromatic nitrogens is 2. The van der Waals surface area contributed by atoms with E-state index in [0.717, 1.165) is 23.4 Å². The van der Waals surface area contributed by atoms with Gasteiger partial charge in [0.15, 0.2) is 0 Å². The van der Waals surface area contributed by atoms with Crippen LogP contribution in [-0.2, 0) is 13.1 Å². The molecule has 0 spiro atoms. The standard InChI is InChI=1S/C13H15ClN4/c1-17(2)9-13-16-11-8-10(14)4-5-12(11)18(13)7-3-6-15/h4-5,8H,3,7,9H2,1-2H3. The third-order valence-electron chi connectivity index (χ3n) is 2.69. The zero-order chi connectivity index (χ0) is 13.1. The van der Waals surface area contributed by atoms with E-state index >= 15 is 0 Å². The fraction of sp³-hybridized carbons (Fsp3) is 0.385. The van der Waals surface area contributed by atoms with Crippen LogP contribution in [0.25, 0.3) is 11.0 Å². The highest BCUT2D eigenvalue weighted by atomic mass is 35.5. The molecule has 0 N–H and O–H groups in total. The molecular formula is C13H15ClN4. The van der Waals surface area contributed by atoms with Crippen molar-refractivity contribution in [3.63, 3.8) is 0 Å². The van der Waals surface area contributed by atoms with Gasteiger partial charge in [-0.25, -0.2) is 4.98 Å². The Balaban J connectivity index is 2.49. The number of halogens is 1. The van der Waals surface area contributed by atoms with Crippen LogP contribution in [0.4, 0.5) is 0 Å². The SMILES string of the molecule is CN(C)Cc1nc2cc(Cl)ccc2n1CCC#N. The van der Waals surface area contributed by atoms with Gasteiger partial charge in [0.1, 0.15) is 5.82 Å². The summed E-state index contributed by atoms with van der Waals surface area (Å²) in [7, 11) is 4.00. The van der Waals surface area contributed by atoms with Crippen LogP contribution in [0.5, 0.6) is 0 Å². The van der Waals surface area contributed by atoms with Crippen molar-refractivity contribution in [2.45, 2.75) is 19.5 Å². The van der Waals surface area contributed by atoms with Crippen LogP contribution in [0.2, 0.25) is 5.02 Å². The summed E-state index contributed by atoms with van der Waals surface area (Å²) in [5.41, 5.74) is 1.92. The van der Waals surface area contributed by atoms with Crippen molar-refractivity contribution < 1.29 is 0 Å². The van der Waals surface area contributed by atoms with E-state index in [1.165, 1.54) is 0 Å². The van der Waals surface area contributed by atoms with E-state index in [-0.39, 0.29) is 0 Å². The molecule has 0 aliphatic carbocycles. The first kappa shape index (κ1) is 12.9. The number of rotatable bonds is 4. The molecule has 0 fully saturated rings. The van der Waals surface area contributed by atoms with Gasteiger partial charge in [-0.15, -0.1) is 0 Å². The zero-order valence-corrected chi connectivity index (χ0v) is 11.3. The minimum absolute atomic E-state index is 0.481. The Morgan fingerprint density at radius 2 is 2.22 bits per heavy atom. The summed E-state index contributed by atoms with van der Waals surface area (Å²) in [6.45, 7) is 1.41. The molecule has 0 saturated heterocycles. The molecular weight excluding hydrogens is 248 g/mol. The van der Waals surface area contributed by atoms with Crippen LogP contribution in [0, 0.1) is 11.3 Å². The lowest BCUT2D eigenvalue weighted by molar-refractivity contribution is 0.382. The predicted octanol–water partition coefficient (Wildman–Crippen LogP) is 2.66. The topological polar surface area (TPSA) is 44.9 Å². The number of fused-ring (bicyclic) bond motifs is 1. The van der Waals surface area contributed by atoms with Gasteiger partial charge in [0.25, 0.3) is 0 Å². The zero-order valence-electron chi connectivity index (χ0n) is 10.5. The molecule has 0 aliphatic rings. The van der Waals surface area contributed by atoms with Crippen molar-refractivity contribution in [1.29, 1.82) is 5.26 Å². The van der Waals surface area contributed by atoms with Crippen molar-refractivity contribution in [3.8, 4) is 6.07 Å². The number of benzene rings is 1. The van der Waals surface area contributed by atoms with E-state index in [9.17, 15) is 0 Å². The Labute approximate surface area is 111 Å². The van der Waals surface area contributed by atoms with Crippen molar-refractivity contribution >= 4 is 22.6 Å². The highest BCUT2D eigenvalue weighted by Crippen LogP contribution is 2.21. The highest BCUT2D eigenvalue weighted by Gasteiger charge is 2.11. The molecule has 0 bridgehead atoms. The van der Waals surface area contributed by atoms with Crippen LogP contribution < -0.4 is 0 Å². The molecule has 18 heavy (non-hydrogen) atoms. The van der Waals surface area contributed by atoms with Gasteiger partial charge in [-0.3, -0.25) is 0 Å². The average Bonchev–Trinajstić information content (AvgIpc) is 2.62. The fourth-order valence-corrected chi connectivity index (χ4v) is 2.13. The first-order valence-electron chi connectivity index (χ1n) is 5.78. The largest absolute Gasteiger partial charge is 0.326 e. The van der Waals surface area contributed by atoms with E-state index in [2.05, 4.69) is 20.5 Å². The van der Waals surface area contributed by atoms with E-state index < -0.39 is 0 Å². The fourth-order valence-electron chi connectivity index (χ4n) is 1.97. The number of hydrogen-bond acceptors (Lipinski definition) is 3. The van der Waals surface area contributed by atoms with Gasteiger partial charge in [0, 0.05) is 11.6 Å². The molecule has 5 heteroatoms. The molecule has 0 saturated carbocycles. The van der Waals surface area contributed by atoms with Crippen molar-refractivity contribution in [2.75, 3.05) is 14.1 Å². The van der Waals surface area contributed by atoms with E-state index in [4.69, 9.17) is 16.9 Å².